The Labute approximate surface area is 160 Å². The lowest BCUT2D eigenvalue weighted by molar-refractivity contribution is 0.416. The van der Waals surface area contributed by atoms with Crippen LogP contribution in [0.1, 0.15) is 30.1 Å². The van der Waals surface area contributed by atoms with E-state index < -0.39 is 0 Å². The van der Waals surface area contributed by atoms with Gasteiger partial charge in [0.05, 0.1) is 23.4 Å². The number of aromatic nitrogens is 7. The molecule has 5 rings (SSSR count). The first-order chi connectivity index (χ1) is 13.7. The smallest absolute Gasteiger partial charge is 0.261 e. The molecule has 0 bridgehead atoms. The molecule has 0 aliphatic heterocycles. The summed E-state index contributed by atoms with van der Waals surface area (Å²) in [6.45, 7) is 0. The molecule has 4 aromatic rings. The lowest BCUT2D eigenvalue weighted by atomic mass is 9.94. The first-order valence-electron chi connectivity index (χ1n) is 9.04. The first-order valence-corrected chi connectivity index (χ1v) is 9.04. The molecular weight excluding hydrogens is 356 g/mol. The highest BCUT2D eigenvalue weighted by molar-refractivity contribution is 5.57. The van der Waals surface area contributed by atoms with Crippen LogP contribution in [0.4, 0.5) is 5.95 Å². The minimum absolute atomic E-state index is 0.0680. The fraction of sp³-hybridized carbons (Fsp3) is 0.263. The van der Waals surface area contributed by atoms with Crippen molar-refractivity contribution in [1.82, 2.24) is 34.9 Å². The molecule has 4 aromatic heterocycles. The molecule has 140 valence electrons. The Balaban J connectivity index is 1.44. The van der Waals surface area contributed by atoms with Crippen molar-refractivity contribution in [3.63, 3.8) is 0 Å². The van der Waals surface area contributed by atoms with Gasteiger partial charge in [0.2, 0.25) is 5.95 Å². The Hall–Kier alpha value is -3.62. The maximum Gasteiger partial charge on any atom is 0.261 e. The van der Waals surface area contributed by atoms with Gasteiger partial charge in [-0.15, -0.1) is 0 Å². The van der Waals surface area contributed by atoms with Crippen LogP contribution in [0.5, 0.6) is 0 Å². The Morgan fingerprint density at radius 1 is 1.07 bits per heavy atom. The summed E-state index contributed by atoms with van der Waals surface area (Å²) < 4.78 is 7.19. The van der Waals surface area contributed by atoms with Crippen molar-refractivity contribution in [1.29, 1.82) is 0 Å². The molecule has 28 heavy (non-hydrogen) atoms. The summed E-state index contributed by atoms with van der Waals surface area (Å²) in [6, 6.07) is 4.02. The van der Waals surface area contributed by atoms with Crippen LogP contribution in [0.3, 0.4) is 0 Å². The van der Waals surface area contributed by atoms with Crippen molar-refractivity contribution in [3.05, 3.63) is 54.5 Å². The molecule has 1 aliphatic carbocycles. The molecule has 0 saturated heterocycles. The topological polar surface area (TPSA) is 121 Å². The van der Waals surface area contributed by atoms with E-state index >= 15 is 0 Å². The van der Waals surface area contributed by atoms with Gasteiger partial charge < -0.3 is 10.3 Å². The van der Waals surface area contributed by atoms with Gasteiger partial charge in [-0.25, -0.2) is 9.97 Å². The van der Waals surface area contributed by atoms with Crippen LogP contribution in [-0.2, 0) is 7.05 Å². The molecule has 9 heteroatoms. The van der Waals surface area contributed by atoms with E-state index in [1.54, 1.807) is 23.3 Å². The van der Waals surface area contributed by atoms with Gasteiger partial charge in [-0.05, 0) is 30.4 Å². The largest absolute Gasteiger partial charge is 0.368 e. The third-order valence-corrected chi connectivity index (χ3v) is 4.88. The Kier molecular flexibility index (Phi) is 3.85. The van der Waals surface area contributed by atoms with Crippen molar-refractivity contribution in [3.8, 4) is 22.7 Å². The van der Waals surface area contributed by atoms with E-state index in [-0.39, 0.29) is 11.9 Å². The molecule has 0 amide bonds. The third-order valence-electron chi connectivity index (χ3n) is 4.88. The number of hydrogen-bond acceptors (Lipinski definition) is 8. The molecule has 4 heterocycles. The SMILES string of the molecule is Cn1cc(-c2nc([C@@H](c3ccc(-c4cnc(N)nc4)nc3)C3CC3)no2)cn1. The van der Waals surface area contributed by atoms with Gasteiger partial charge in [-0.2, -0.15) is 10.1 Å². The van der Waals surface area contributed by atoms with E-state index in [0.29, 0.717) is 17.6 Å². The van der Waals surface area contributed by atoms with Crippen molar-refractivity contribution in [2.75, 3.05) is 5.73 Å². The summed E-state index contributed by atoms with van der Waals surface area (Å²) in [4.78, 5) is 17.3. The summed E-state index contributed by atoms with van der Waals surface area (Å²) in [5.74, 6) is 1.99. The van der Waals surface area contributed by atoms with Gasteiger partial charge in [0, 0.05) is 37.4 Å². The number of nitrogens with zero attached hydrogens (tertiary/aromatic N) is 7. The predicted molar refractivity (Wildman–Crippen MR) is 101 cm³/mol. The normalized spacial score (nSPS) is 14.9. The summed E-state index contributed by atoms with van der Waals surface area (Å²) >= 11 is 0. The number of nitrogens with two attached hydrogens (primary N) is 1. The minimum atomic E-state index is 0.0680. The van der Waals surface area contributed by atoms with Gasteiger partial charge in [0.25, 0.3) is 5.89 Å². The molecule has 1 fully saturated rings. The van der Waals surface area contributed by atoms with Crippen molar-refractivity contribution >= 4 is 5.95 Å². The molecule has 9 nitrogen and oxygen atoms in total. The molecule has 0 unspecified atom stereocenters. The van der Waals surface area contributed by atoms with Crippen LogP contribution in [0.25, 0.3) is 22.7 Å². The van der Waals surface area contributed by atoms with Crippen LogP contribution in [0.2, 0.25) is 0 Å². The van der Waals surface area contributed by atoms with E-state index in [1.807, 2.05) is 25.5 Å². The van der Waals surface area contributed by atoms with Crippen molar-refractivity contribution in [2.45, 2.75) is 18.8 Å². The summed E-state index contributed by atoms with van der Waals surface area (Å²) in [7, 11) is 1.85. The zero-order chi connectivity index (χ0) is 19.1. The average Bonchev–Trinajstić information content (AvgIpc) is 3.25. The molecule has 2 N–H and O–H groups in total. The Bertz CT molecular complexity index is 1100. The summed E-state index contributed by atoms with van der Waals surface area (Å²) in [6.07, 6.45) is 11.1. The van der Waals surface area contributed by atoms with Crippen LogP contribution in [0, 0.1) is 5.92 Å². The fourth-order valence-electron chi connectivity index (χ4n) is 3.30. The zero-order valence-corrected chi connectivity index (χ0v) is 15.2. The fourth-order valence-corrected chi connectivity index (χ4v) is 3.30. The lowest BCUT2D eigenvalue weighted by Crippen LogP contribution is -2.06. The van der Waals surface area contributed by atoms with Gasteiger partial charge in [0.1, 0.15) is 0 Å². The second kappa shape index (κ2) is 6.52. The number of anilines is 1. The molecule has 1 atom stereocenters. The first kappa shape index (κ1) is 16.5. The maximum atomic E-state index is 5.55. The molecule has 0 spiro atoms. The quantitative estimate of drug-likeness (QED) is 0.565. The van der Waals surface area contributed by atoms with E-state index in [1.165, 1.54) is 0 Å². The molecular formula is C19H18N8O. The van der Waals surface area contributed by atoms with Gasteiger partial charge in [-0.1, -0.05) is 11.2 Å². The van der Waals surface area contributed by atoms with Crippen LogP contribution in [-0.4, -0.2) is 34.9 Å². The molecule has 1 saturated carbocycles. The maximum absolute atomic E-state index is 5.55. The second-order valence-electron chi connectivity index (χ2n) is 6.98. The van der Waals surface area contributed by atoms with E-state index in [9.17, 15) is 0 Å². The number of aryl methyl sites for hydroxylation is 1. The monoisotopic (exact) mass is 374 g/mol. The van der Waals surface area contributed by atoms with Gasteiger partial charge in [-0.3, -0.25) is 9.67 Å². The molecule has 1 aliphatic rings. The van der Waals surface area contributed by atoms with Gasteiger partial charge in [0.15, 0.2) is 5.82 Å². The standard InChI is InChI=1S/C19H18N8O/c1-27-10-14(9-24-27)18-25-17(26-28-18)16(11-2-3-11)12-4-5-15(21-6-12)13-7-22-19(20)23-8-13/h4-11,16H,2-3H2,1H3,(H2,20,22,23)/t16-/m1/s1. The number of nitrogen functional groups attached to an aromatic ring is 1. The Morgan fingerprint density at radius 3 is 2.54 bits per heavy atom. The second-order valence-corrected chi connectivity index (χ2v) is 6.98. The van der Waals surface area contributed by atoms with Crippen LogP contribution >= 0.6 is 0 Å². The number of pyridine rings is 1. The van der Waals surface area contributed by atoms with E-state index in [4.69, 9.17) is 10.3 Å². The van der Waals surface area contributed by atoms with Gasteiger partial charge >= 0.3 is 0 Å². The molecule has 0 aromatic carbocycles. The van der Waals surface area contributed by atoms with Crippen LogP contribution < -0.4 is 5.73 Å². The Morgan fingerprint density at radius 2 is 1.89 bits per heavy atom. The average molecular weight is 374 g/mol. The van der Waals surface area contributed by atoms with Crippen molar-refractivity contribution < 1.29 is 4.52 Å². The van der Waals surface area contributed by atoms with E-state index in [0.717, 1.165) is 35.2 Å². The number of hydrogen-bond donors (Lipinski definition) is 1. The summed E-state index contributed by atoms with van der Waals surface area (Å²) in [5, 5.41) is 8.40. The highest BCUT2D eigenvalue weighted by Crippen LogP contribution is 2.45. The third kappa shape index (κ3) is 3.11. The highest BCUT2D eigenvalue weighted by atomic mass is 16.5. The predicted octanol–water partition coefficient (Wildman–Crippen LogP) is 2.45. The number of rotatable bonds is 5. The van der Waals surface area contributed by atoms with Crippen molar-refractivity contribution in [2.24, 2.45) is 13.0 Å². The van der Waals surface area contributed by atoms with E-state index in [2.05, 4.69) is 36.3 Å². The lowest BCUT2D eigenvalue weighted by Gasteiger charge is -2.12. The zero-order valence-electron chi connectivity index (χ0n) is 15.2. The minimum Gasteiger partial charge on any atom is -0.368 e. The van der Waals surface area contributed by atoms with Crippen LogP contribution in [0.15, 0.2) is 47.6 Å². The highest BCUT2D eigenvalue weighted by Gasteiger charge is 2.37. The molecule has 0 radical (unpaired) electrons. The summed E-state index contributed by atoms with van der Waals surface area (Å²) in [5.41, 5.74) is 9.05.